The van der Waals surface area contributed by atoms with E-state index in [1.165, 1.54) is 0 Å². The van der Waals surface area contributed by atoms with Gasteiger partial charge < -0.3 is 10.0 Å². The van der Waals surface area contributed by atoms with E-state index in [2.05, 4.69) is 5.10 Å². The minimum absolute atomic E-state index is 0.0194. The molecule has 1 aromatic heterocycles. The van der Waals surface area contributed by atoms with Gasteiger partial charge in [-0.3, -0.25) is 9.59 Å². The van der Waals surface area contributed by atoms with Crippen molar-refractivity contribution in [3.63, 3.8) is 0 Å². The molecule has 1 fully saturated rings. The monoisotopic (exact) mass is 327 g/mol. The van der Waals surface area contributed by atoms with Crippen molar-refractivity contribution in [1.82, 2.24) is 14.7 Å². The smallest absolute Gasteiger partial charge is 0.311 e. The van der Waals surface area contributed by atoms with Crippen LogP contribution in [0.4, 0.5) is 0 Å². The number of piperidine rings is 1. The third-order valence-electron chi connectivity index (χ3n) is 4.63. The number of likely N-dealkylation sites (tertiary alicyclic amines) is 1. The van der Waals surface area contributed by atoms with Crippen LogP contribution in [0.5, 0.6) is 0 Å². The van der Waals surface area contributed by atoms with Crippen molar-refractivity contribution in [1.29, 1.82) is 0 Å². The molecule has 1 unspecified atom stereocenters. The number of carboxylic acid groups (broad SMARTS) is 1. The molecule has 1 atom stereocenters. The van der Waals surface area contributed by atoms with E-state index in [4.69, 9.17) is 0 Å². The van der Waals surface area contributed by atoms with Gasteiger partial charge in [0.05, 0.1) is 17.5 Å². The van der Waals surface area contributed by atoms with Gasteiger partial charge >= 0.3 is 5.97 Å². The van der Waals surface area contributed by atoms with Crippen molar-refractivity contribution >= 4 is 11.9 Å². The highest BCUT2D eigenvalue weighted by Crippen LogP contribution is 2.30. The van der Waals surface area contributed by atoms with Crippen LogP contribution in [0.2, 0.25) is 0 Å². The van der Waals surface area contributed by atoms with Crippen LogP contribution in [-0.4, -0.2) is 44.8 Å². The fraction of sp³-hybridized carbons (Fsp3) is 0.389. The lowest BCUT2D eigenvalue weighted by molar-refractivity contribution is -0.153. The summed E-state index contributed by atoms with van der Waals surface area (Å²) >= 11 is 0. The predicted molar refractivity (Wildman–Crippen MR) is 88.8 cm³/mol. The molecule has 2 aromatic rings. The molecule has 126 valence electrons. The lowest BCUT2D eigenvalue weighted by Gasteiger charge is -2.37. The van der Waals surface area contributed by atoms with Gasteiger partial charge in [-0.25, -0.2) is 4.68 Å². The molecule has 1 aromatic carbocycles. The summed E-state index contributed by atoms with van der Waals surface area (Å²) in [4.78, 5) is 25.6. The SMILES string of the molecule is CC1(C(=O)O)CCCN(C(=O)Cc2ccc(-n3cccn3)cc2)C1. The van der Waals surface area contributed by atoms with Gasteiger partial charge in [0, 0.05) is 25.5 Å². The molecule has 0 radical (unpaired) electrons. The zero-order valence-electron chi connectivity index (χ0n) is 13.7. The number of carbonyl (C=O) groups excluding carboxylic acids is 1. The topological polar surface area (TPSA) is 75.4 Å². The first-order valence-electron chi connectivity index (χ1n) is 8.08. The first-order valence-corrected chi connectivity index (χ1v) is 8.08. The summed E-state index contributed by atoms with van der Waals surface area (Å²) in [5, 5.41) is 13.5. The molecule has 0 aliphatic carbocycles. The van der Waals surface area contributed by atoms with Gasteiger partial charge in [-0.1, -0.05) is 12.1 Å². The van der Waals surface area contributed by atoms with E-state index < -0.39 is 11.4 Å². The molecule has 1 aliphatic heterocycles. The van der Waals surface area contributed by atoms with Gasteiger partial charge in [0.2, 0.25) is 5.91 Å². The standard InChI is InChI=1S/C18H21N3O3/c1-18(17(23)24)8-2-10-20(13-18)16(22)12-14-4-6-15(7-5-14)21-11-3-9-19-21/h3-7,9,11H,2,8,10,12-13H2,1H3,(H,23,24). The average molecular weight is 327 g/mol. The molecule has 1 saturated heterocycles. The zero-order chi connectivity index (χ0) is 17.2. The maximum atomic E-state index is 12.5. The Labute approximate surface area is 140 Å². The van der Waals surface area contributed by atoms with E-state index in [0.717, 1.165) is 17.7 Å². The van der Waals surface area contributed by atoms with Crippen molar-refractivity contribution in [3.05, 3.63) is 48.3 Å². The van der Waals surface area contributed by atoms with Gasteiger partial charge in [0.25, 0.3) is 0 Å². The molecule has 2 heterocycles. The molecular formula is C18H21N3O3. The average Bonchev–Trinajstić information content (AvgIpc) is 3.10. The van der Waals surface area contributed by atoms with Crippen molar-refractivity contribution in [2.45, 2.75) is 26.2 Å². The summed E-state index contributed by atoms with van der Waals surface area (Å²) in [6, 6.07) is 9.53. The van der Waals surface area contributed by atoms with Crippen LogP contribution in [-0.2, 0) is 16.0 Å². The summed E-state index contributed by atoms with van der Waals surface area (Å²) < 4.78 is 1.76. The highest BCUT2D eigenvalue weighted by Gasteiger charge is 2.39. The molecule has 1 aliphatic rings. The number of rotatable bonds is 4. The molecule has 1 amide bonds. The second-order valence-electron chi connectivity index (χ2n) is 6.58. The first-order chi connectivity index (χ1) is 11.5. The summed E-state index contributed by atoms with van der Waals surface area (Å²) in [7, 11) is 0. The fourth-order valence-corrected chi connectivity index (χ4v) is 3.10. The van der Waals surface area contributed by atoms with Crippen LogP contribution in [0.15, 0.2) is 42.7 Å². The lowest BCUT2D eigenvalue weighted by Crippen LogP contribution is -2.48. The third kappa shape index (κ3) is 3.32. The van der Waals surface area contributed by atoms with Gasteiger partial charge in [-0.05, 0) is 43.5 Å². The Morgan fingerprint density at radius 1 is 1.29 bits per heavy atom. The van der Waals surface area contributed by atoms with Crippen molar-refractivity contribution in [2.75, 3.05) is 13.1 Å². The normalized spacial score (nSPS) is 20.8. The van der Waals surface area contributed by atoms with Crippen LogP contribution in [0.3, 0.4) is 0 Å². The number of nitrogens with zero attached hydrogens (tertiary/aromatic N) is 3. The highest BCUT2D eigenvalue weighted by molar-refractivity contribution is 5.81. The Balaban J connectivity index is 1.65. The van der Waals surface area contributed by atoms with Gasteiger partial charge in [0.15, 0.2) is 0 Å². The Bertz CT molecular complexity index is 724. The third-order valence-corrected chi connectivity index (χ3v) is 4.63. The minimum atomic E-state index is -0.835. The largest absolute Gasteiger partial charge is 0.481 e. The van der Waals surface area contributed by atoms with E-state index in [1.807, 2.05) is 36.5 Å². The van der Waals surface area contributed by atoms with Crippen LogP contribution < -0.4 is 0 Å². The number of amides is 1. The molecule has 0 bridgehead atoms. The maximum absolute atomic E-state index is 12.5. The van der Waals surface area contributed by atoms with Crippen LogP contribution in [0.25, 0.3) is 5.69 Å². The number of aliphatic carboxylic acids is 1. The summed E-state index contributed by atoms with van der Waals surface area (Å²) in [5.74, 6) is -0.849. The van der Waals surface area contributed by atoms with E-state index in [0.29, 0.717) is 13.0 Å². The quantitative estimate of drug-likeness (QED) is 0.933. The van der Waals surface area contributed by atoms with Crippen molar-refractivity contribution in [2.24, 2.45) is 5.41 Å². The number of hydrogen-bond donors (Lipinski definition) is 1. The lowest BCUT2D eigenvalue weighted by atomic mass is 9.82. The Morgan fingerprint density at radius 2 is 2.04 bits per heavy atom. The molecule has 0 spiro atoms. The molecule has 1 N–H and O–H groups in total. The van der Waals surface area contributed by atoms with E-state index in [9.17, 15) is 14.7 Å². The van der Waals surface area contributed by atoms with Crippen LogP contribution >= 0.6 is 0 Å². The van der Waals surface area contributed by atoms with E-state index in [-0.39, 0.29) is 18.9 Å². The molecule has 6 nitrogen and oxygen atoms in total. The molecule has 0 saturated carbocycles. The second-order valence-corrected chi connectivity index (χ2v) is 6.58. The van der Waals surface area contributed by atoms with E-state index in [1.54, 1.807) is 22.7 Å². The summed E-state index contributed by atoms with van der Waals surface area (Å²) in [6.45, 7) is 2.63. The second kappa shape index (κ2) is 6.47. The van der Waals surface area contributed by atoms with Gasteiger partial charge in [-0.2, -0.15) is 5.10 Å². The molecule has 24 heavy (non-hydrogen) atoms. The summed E-state index contributed by atoms with van der Waals surface area (Å²) in [5.41, 5.74) is 1.02. The van der Waals surface area contributed by atoms with Crippen LogP contribution in [0.1, 0.15) is 25.3 Å². The number of carbonyl (C=O) groups is 2. The fourth-order valence-electron chi connectivity index (χ4n) is 3.10. The molecule has 3 rings (SSSR count). The summed E-state index contributed by atoms with van der Waals surface area (Å²) in [6.07, 6.45) is 5.21. The number of carboxylic acids is 1. The molecular weight excluding hydrogens is 306 g/mol. The first kappa shape index (κ1) is 16.2. The predicted octanol–water partition coefficient (Wildman–Crippen LogP) is 2.13. The Kier molecular flexibility index (Phi) is 4.38. The van der Waals surface area contributed by atoms with Crippen LogP contribution in [0, 0.1) is 5.41 Å². The zero-order valence-corrected chi connectivity index (χ0v) is 13.7. The minimum Gasteiger partial charge on any atom is -0.481 e. The highest BCUT2D eigenvalue weighted by atomic mass is 16.4. The number of hydrogen-bond acceptors (Lipinski definition) is 3. The number of aromatic nitrogens is 2. The van der Waals surface area contributed by atoms with Gasteiger partial charge in [0.1, 0.15) is 0 Å². The maximum Gasteiger partial charge on any atom is 0.311 e. The van der Waals surface area contributed by atoms with Crippen molar-refractivity contribution < 1.29 is 14.7 Å². The van der Waals surface area contributed by atoms with E-state index >= 15 is 0 Å². The van der Waals surface area contributed by atoms with Gasteiger partial charge in [-0.15, -0.1) is 0 Å². The Hall–Kier alpha value is -2.63. The molecule has 6 heteroatoms. The van der Waals surface area contributed by atoms with Crippen molar-refractivity contribution in [3.8, 4) is 5.69 Å². The Morgan fingerprint density at radius 3 is 2.67 bits per heavy atom. The number of benzene rings is 1.